The van der Waals surface area contributed by atoms with Gasteiger partial charge >= 0.3 is 6.18 Å². The maximum Gasteiger partial charge on any atom is 0.416 e. The minimum Gasteiger partial charge on any atom is -0.336 e. The topological polar surface area (TPSA) is 73.0 Å². The van der Waals surface area contributed by atoms with Gasteiger partial charge in [0.15, 0.2) is 0 Å². The molecule has 0 radical (unpaired) electrons. The van der Waals surface area contributed by atoms with Crippen LogP contribution in [0.5, 0.6) is 0 Å². The third-order valence-electron chi connectivity index (χ3n) is 4.18. The van der Waals surface area contributed by atoms with Crippen LogP contribution >= 0.6 is 0 Å². The van der Waals surface area contributed by atoms with Crippen LogP contribution in [0, 0.1) is 6.92 Å². The Morgan fingerprint density at radius 3 is 2.61 bits per heavy atom. The summed E-state index contributed by atoms with van der Waals surface area (Å²) in [5.74, 6) is -0.685. The van der Waals surface area contributed by atoms with Crippen molar-refractivity contribution in [3.63, 3.8) is 0 Å². The molecule has 0 bridgehead atoms. The van der Waals surface area contributed by atoms with Crippen molar-refractivity contribution in [2.75, 3.05) is 5.32 Å². The monoisotopic (exact) mass is 386 g/mol. The maximum absolute atomic E-state index is 13.3. The summed E-state index contributed by atoms with van der Waals surface area (Å²) in [5, 5.41) is 6.95. The summed E-state index contributed by atoms with van der Waals surface area (Å²) in [6.07, 6.45) is -0.0308. The first-order valence-corrected chi connectivity index (χ1v) is 8.20. The van der Waals surface area contributed by atoms with E-state index >= 15 is 0 Å². The molecule has 0 atom stereocenters. The fraction of sp³-hybridized carbons (Fsp3) is 0.105. The lowest BCUT2D eigenvalue weighted by Gasteiger charge is -2.13. The van der Waals surface area contributed by atoms with Crippen LogP contribution in [0.15, 0.2) is 59.5 Å². The Balaban J connectivity index is 1.71. The van der Waals surface area contributed by atoms with Crippen molar-refractivity contribution in [2.45, 2.75) is 13.1 Å². The van der Waals surface area contributed by atoms with E-state index in [0.717, 1.165) is 12.1 Å². The first-order chi connectivity index (χ1) is 13.3. The van der Waals surface area contributed by atoms with Crippen LogP contribution in [-0.4, -0.2) is 20.6 Å². The number of carbonyl (C=O) groups is 1. The maximum atomic E-state index is 13.3. The number of fused-ring (bicyclic) bond motifs is 1. The van der Waals surface area contributed by atoms with Crippen LogP contribution < -0.4 is 5.32 Å². The number of halogens is 3. The number of pyridine rings is 1. The molecule has 1 amide bonds. The minimum absolute atomic E-state index is 0.124. The van der Waals surface area contributed by atoms with E-state index in [4.69, 9.17) is 4.52 Å². The van der Waals surface area contributed by atoms with Crippen molar-refractivity contribution >= 4 is 22.7 Å². The Morgan fingerprint density at radius 1 is 1.14 bits per heavy atom. The summed E-state index contributed by atoms with van der Waals surface area (Å²) in [4.78, 5) is 16.7. The van der Waals surface area contributed by atoms with Crippen molar-refractivity contribution in [1.29, 1.82) is 0 Å². The zero-order valence-corrected chi connectivity index (χ0v) is 14.5. The number of hydrogen-bond donors (Lipinski definition) is 1. The van der Waals surface area contributed by atoms with Crippen LogP contribution in [-0.2, 0) is 6.18 Å². The molecule has 0 aliphatic heterocycles. The molecule has 0 spiro atoms. The number of rotatable bonds is 3. The lowest BCUT2D eigenvalue weighted by atomic mass is 10.1. The fourth-order valence-electron chi connectivity index (χ4n) is 2.78. The molecule has 9 heteroatoms. The quantitative estimate of drug-likeness (QED) is 0.559. The van der Waals surface area contributed by atoms with E-state index in [9.17, 15) is 18.0 Å². The first kappa shape index (κ1) is 17.8. The lowest BCUT2D eigenvalue weighted by molar-refractivity contribution is -0.137. The molecule has 142 valence electrons. The molecule has 0 saturated heterocycles. The van der Waals surface area contributed by atoms with E-state index in [1.54, 1.807) is 37.5 Å². The molecule has 3 aromatic heterocycles. The van der Waals surface area contributed by atoms with Crippen LogP contribution in [0.25, 0.3) is 16.8 Å². The fourth-order valence-corrected chi connectivity index (χ4v) is 2.78. The third kappa shape index (κ3) is 3.34. The van der Waals surface area contributed by atoms with Gasteiger partial charge in [-0.1, -0.05) is 5.16 Å². The molecular formula is C19H13F3N4O2. The molecule has 6 nitrogen and oxygen atoms in total. The second kappa shape index (κ2) is 6.52. The molecule has 0 unspecified atom stereocenters. The summed E-state index contributed by atoms with van der Waals surface area (Å²) < 4.78 is 46.4. The first-order valence-electron chi connectivity index (χ1n) is 8.20. The number of nitrogens with zero attached hydrogens (tertiary/aromatic N) is 3. The van der Waals surface area contributed by atoms with Crippen LogP contribution in [0.1, 0.15) is 21.6 Å². The van der Waals surface area contributed by atoms with E-state index in [1.807, 2.05) is 0 Å². The Labute approximate surface area is 156 Å². The van der Waals surface area contributed by atoms with Gasteiger partial charge in [0.25, 0.3) is 11.6 Å². The molecule has 1 aromatic carbocycles. The Hall–Kier alpha value is -3.62. The average molecular weight is 386 g/mol. The Bertz CT molecular complexity index is 1160. The summed E-state index contributed by atoms with van der Waals surface area (Å²) in [7, 11) is 0. The number of anilines is 1. The van der Waals surface area contributed by atoms with Gasteiger partial charge in [0.2, 0.25) is 0 Å². The highest BCUT2D eigenvalue weighted by Crippen LogP contribution is 2.32. The van der Waals surface area contributed by atoms with Crippen molar-refractivity contribution < 1.29 is 22.5 Å². The van der Waals surface area contributed by atoms with Crippen molar-refractivity contribution in [3.05, 3.63) is 71.8 Å². The normalized spacial score (nSPS) is 11.7. The lowest BCUT2D eigenvalue weighted by Crippen LogP contribution is -2.15. The van der Waals surface area contributed by atoms with E-state index < -0.39 is 17.6 Å². The van der Waals surface area contributed by atoms with Gasteiger partial charge in [0, 0.05) is 23.6 Å². The smallest absolute Gasteiger partial charge is 0.336 e. The number of aryl methyl sites for hydroxylation is 1. The predicted octanol–water partition coefficient (Wildman–Crippen LogP) is 4.59. The largest absolute Gasteiger partial charge is 0.416 e. The molecule has 4 rings (SSSR count). The number of hydrogen-bond acceptors (Lipinski definition) is 4. The van der Waals surface area contributed by atoms with Gasteiger partial charge in [0.1, 0.15) is 0 Å². The van der Waals surface area contributed by atoms with Gasteiger partial charge < -0.3 is 14.4 Å². The molecule has 28 heavy (non-hydrogen) atoms. The molecule has 0 fully saturated rings. The zero-order chi connectivity index (χ0) is 19.9. The summed E-state index contributed by atoms with van der Waals surface area (Å²) in [6.45, 7) is 1.72. The molecule has 3 heterocycles. The van der Waals surface area contributed by atoms with Crippen LogP contribution in [0.2, 0.25) is 0 Å². The number of nitrogens with one attached hydrogen (secondary N) is 1. The van der Waals surface area contributed by atoms with Crippen LogP contribution in [0.3, 0.4) is 0 Å². The van der Waals surface area contributed by atoms with E-state index in [1.165, 1.54) is 16.8 Å². The highest BCUT2D eigenvalue weighted by atomic mass is 19.4. The van der Waals surface area contributed by atoms with Gasteiger partial charge in [-0.15, -0.1) is 0 Å². The van der Waals surface area contributed by atoms with Crippen molar-refractivity contribution in [1.82, 2.24) is 14.7 Å². The molecule has 0 aliphatic rings. The Kier molecular flexibility index (Phi) is 4.14. The number of aromatic nitrogens is 3. The number of benzene rings is 1. The number of alkyl halides is 3. The molecular weight excluding hydrogens is 373 g/mol. The van der Waals surface area contributed by atoms with Crippen molar-refractivity contribution in [3.8, 4) is 5.69 Å². The van der Waals surface area contributed by atoms with Crippen molar-refractivity contribution in [2.24, 2.45) is 0 Å². The second-order valence-electron chi connectivity index (χ2n) is 6.16. The number of carbonyl (C=O) groups excluding carboxylic acids is 1. The molecule has 4 aromatic rings. The zero-order valence-electron chi connectivity index (χ0n) is 14.5. The summed E-state index contributed by atoms with van der Waals surface area (Å²) in [6, 6.07) is 8.17. The van der Waals surface area contributed by atoms with Gasteiger partial charge in [-0.05, 0) is 43.3 Å². The predicted molar refractivity (Wildman–Crippen MR) is 95.3 cm³/mol. The highest BCUT2D eigenvalue weighted by Gasteiger charge is 2.32. The van der Waals surface area contributed by atoms with Gasteiger partial charge in [-0.3, -0.25) is 4.79 Å². The van der Waals surface area contributed by atoms with Gasteiger partial charge in [-0.2, -0.15) is 13.2 Å². The summed E-state index contributed by atoms with van der Waals surface area (Å²) >= 11 is 0. The SMILES string of the molecule is Cc1noc2ncc(NC(=O)c3cc(-n4cccc4)cc(C(F)(F)F)c3)cc12. The molecule has 0 saturated carbocycles. The van der Waals surface area contributed by atoms with Gasteiger partial charge in [-0.25, -0.2) is 4.98 Å². The summed E-state index contributed by atoms with van der Waals surface area (Å²) in [5.41, 5.74) is 0.419. The van der Waals surface area contributed by atoms with E-state index in [0.29, 0.717) is 22.5 Å². The molecule has 0 aliphatic carbocycles. The van der Waals surface area contributed by atoms with Gasteiger partial charge in [0.05, 0.1) is 28.5 Å². The standard InChI is InChI=1S/C19H13F3N4O2/c1-11-16-9-14(10-23-18(16)28-25-11)24-17(27)12-6-13(19(20,21)22)8-15(7-12)26-4-2-3-5-26/h2-10H,1H3,(H,24,27). The van der Waals surface area contributed by atoms with E-state index in [2.05, 4.69) is 15.5 Å². The highest BCUT2D eigenvalue weighted by molar-refractivity contribution is 6.05. The van der Waals surface area contributed by atoms with E-state index in [-0.39, 0.29) is 11.3 Å². The minimum atomic E-state index is -4.59. The second-order valence-corrected chi connectivity index (χ2v) is 6.16. The molecule has 1 N–H and O–H groups in total. The Morgan fingerprint density at radius 2 is 1.89 bits per heavy atom. The average Bonchev–Trinajstić information content (AvgIpc) is 3.31. The number of amides is 1. The third-order valence-corrected chi connectivity index (χ3v) is 4.18. The van der Waals surface area contributed by atoms with Crippen LogP contribution in [0.4, 0.5) is 18.9 Å².